The van der Waals surface area contributed by atoms with Gasteiger partial charge in [-0.1, -0.05) is 40.2 Å². The number of halogens is 1. The molecule has 2 saturated heterocycles. The maximum atomic E-state index is 13.0. The van der Waals surface area contributed by atoms with Crippen LogP contribution < -0.4 is 10.2 Å². The Labute approximate surface area is 191 Å². The van der Waals surface area contributed by atoms with E-state index < -0.39 is 0 Å². The molecule has 2 aromatic carbocycles. The summed E-state index contributed by atoms with van der Waals surface area (Å²) in [4.78, 5) is 29.6. The molecule has 0 radical (unpaired) electrons. The van der Waals surface area contributed by atoms with E-state index in [0.717, 1.165) is 41.0 Å². The van der Waals surface area contributed by atoms with Gasteiger partial charge in [0.25, 0.3) is 0 Å². The van der Waals surface area contributed by atoms with Crippen LogP contribution in [0.3, 0.4) is 0 Å². The molecular formula is C24H28BrN3O3. The van der Waals surface area contributed by atoms with E-state index in [2.05, 4.69) is 40.0 Å². The number of carbonyl (C=O) groups is 2. The fraction of sp³-hybridized carbons (Fsp3) is 0.417. The number of morpholine rings is 1. The minimum atomic E-state index is -0.372. The van der Waals surface area contributed by atoms with Gasteiger partial charge in [0.05, 0.1) is 18.1 Å². The summed E-state index contributed by atoms with van der Waals surface area (Å²) in [7, 11) is 0. The first kappa shape index (κ1) is 22.0. The first-order valence-electron chi connectivity index (χ1n) is 10.7. The SMILES string of the molecule is CC1CN(Cc2ccccc2NC(=O)C2CC(=O)N(c3cccc(Br)c3)C2)CC(C)O1. The number of hydrogen-bond acceptors (Lipinski definition) is 4. The fourth-order valence-electron chi connectivity index (χ4n) is 4.45. The largest absolute Gasteiger partial charge is 0.373 e. The van der Waals surface area contributed by atoms with Crippen LogP contribution in [0.25, 0.3) is 0 Å². The second kappa shape index (κ2) is 9.51. The van der Waals surface area contributed by atoms with Crippen LogP contribution in [0.4, 0.5) is 11.4 Å². The van der Waals surface area contributed by atoms with Crippen molar-refractivity contribution in [3.05, 3.63) is 58.6 Å². The zero-order chi connectivity index (χ0) is 22.0. The molecule has 0 saturated carbocycles. The Morgan fingerprint density at radius 1 is 1.10 bits per heavy atom. The maximum absolute atomic E-state index is 13.0. The van der Waals surface area contributed by atoms with Crippen molar-refractivity contribution in [1.82, 2.24) is 4.90 Å². The average molecular weight is 486 g/mol. The molecule has 3 atom stereocenters. The third kappa shape index (κ3) is 5.34. The summed E-state index contributed by atoms with van der Waals surface area (Å²) in [6.07, 6.45) is 0.608. The molecule has 0 aliphatic carbocycles. The Balaban J connectivity index is 1.43. The number of nitrogens with zero attached hydrogens (tertiary/aromatic N) is 2. The number of nitrogens with one attached hydrogen (secondary N) is 1. The molecule has 2 aliphatic heterocycles. The Bertz CT molecular complexity index is 957. The molecule has 2 heterocycles. The van der Waals surface area contributed by atoms with Crippen LogP contribution in [0.1, 0.15) is 25.8 Å². The summed E-state index contributed by atoms with van der Waals surface area (Å²) in [5, 5.41) is 3.08. The molecule has 2 aromatic rings. The van der Waals surface area contributed by atoms with Crippen molar-refractivity contribution in [1.29, 1.82) is 0 Å². The molecule has 2 amide bonds. The highest BCUT2D eigenvalue weighted by Gasteiger charge is 2.35. The first-order valence-corrected chi connectivity index (χ1v) is 11.5. The topological polar surface area (TPSA) is 61.9 Å². The Morgan fingerprint density at radius 2 is 1.84 bits per heavy atom. The van der Waals surface area contributed by atoms with Crippen LogP contribution >= 0.6 is 15.9 Å². The van der Waals surface area contributed by atoms with E-state index in [1.165, 1.54) is 0 Å². The van der Waals surface area contributed by atoms with Gasteiger partial charge in [-0.05, 0) is 43.7 Å². The van der Waals surface area contributed by atoms with Crippen molar-refractivity contribution in [2.45, 2.75) is 39.0 Å². The molecular weight excluding hydrogens is 458 g/mol. The van der Waals surface area contributed by atoms with Gasteiger partial charge in [-0.25, -0.2) is 0 Å². The summed E-state index contributed by atoms with van der Waals surface area (Å²) in [6.45, 7) is 7.05. The number of ether oxygens (including phenoxy) is 1. The van der Waals surface area contributed by atoms with Gasteiger partial charge in [0.15, 0.2) is 0 Å². The van der Waals surface area contributed by atoms with Gasteiger partial charge in [0, 0.05) is 48.4 Å². The van der Waals surface area contributed by atoms with Crippen LogP contribution in [-0.4, -0.2) is 48.6 Å². The van der Waals surface area contributed by atoms with Crippen molar-refractivity contribution in [3.63, 3.8) is 0 Å². The highest BCUT2D eigenvalue weighted by Crippen LogP contribution is 2.28. The molecule has 1 N–H and O–H groups in total. The molecule has 4 rings (SSSR count). The van der Waals surface area contributed by atoms with E-state index in [1.54, 1.807) is 4.90 Å². The quantitative estimate of drug-likeness (QED) is 0.693. The Morgan fingerprint density at radius 3 is 2.58 bits per heavy atom. The van der Waals surface area contributed by atoms with Gasteiger partial charge in [-0.15, -0.1) is 0 Å². The van der Waals surface area contributed by atoms with Gasteiger partial charge in [-0.2, -0.15) is 0 Å². The first-order chi connectivity index (χ1) is 14.9. The Hall–Kier alpha value is -2.22. The molecule has 0 bridgehead atoms. The van der Waals surface area contributed by atoms with Crippen LogP contribution in [0.5, 0.6) is 0 Å². The minimum absolute atomic E-state index is 0.0252. The van der Waals surface area contributed by atoms with Gasteiger partial charge in [-0.3, -0.25) is 14.5 Å². The average Bonchev–Trinajstić information content (AvgIpc) is 3.10. The van der Waals surface area contributed by atoms with Crippen LogP contribution in [-0.2, 0) is 20.9 Å². The minimum Gasteiger partial charge on any atom is -0.373 e. The number of benzene rings is 2. The van der Waals surface area contributed by atoms with E-state index in [0.29, 0.717) is 6.54 Å². The molecule has 6 nitrogen and oxygen atoms in total. The maximum Gasteiger partial charge on any atom is 0.229 e. The number of para-hydroxylation sites is 1. The van der Waals surface area contributed by atoms with E-state index in [4.69, 9.17) is 4.74 Å². The lowest BCUT2D eigenvalue weighted by Crippen LogP contribution is -2.44. The lowest BCUT2D eigenvalue weighted by Gasteiger charge is -2.35. The highest BCUT2D eigenvalue weighted by molar-refractivity contribution is 9.10. The zero-order valence-electron chi connectivity index (χ0n) is 17.9. The van der Waals surface area contributed by atoms with E-state index in [-0.39, 0.29) is 36.4 Å². The Kier molecular flexibility index (Phi) is 6.74. The molecule has 3 unspecified atom stereocenters. The zero-order valence-corrected chi connectivity index (χ0v) is 19.5. The van der Waals surface area contributed by atoms with Crippen LogP contribution in [0, 0.1) is 5.92 Å². The molecule has 2 aliphatic rings. The monoisotopic (exact) mass is 485 g/mol. The molecule has 0 aromatic heterocycles. The van der Waals surface area contributed by atoms with E-state index >= 15 is 0 Å². The smallest absolute Gasteiger partial charge is 0.229 e. The summed E-state index contributed by atoms with van der Waals surface area (Å²) in [5.41, 5.74) is 2.70. The van der Waals surface area contributed by atoms with Crippen molar-refractivity contribution in [2.24, 2.45) is 5.92 Å². The summed E-state index contributed by atoms with van der Waals surface area (Å²) < 4.78 is 6.74. The van der Waals surface area contributed by atoms with Gasteiger partial charge < -0.3 is 15.0 Å². The second-order valence-electron chi connectivity index (χ2n) is 8.48. The number of amides is 2. The van der Waals surface area contributed by atoms with Crippen molar-refractivity contribution >= 4 is 39.1 Å². The van der Waals surface area contributed by atoms with Gasteiger partial charge in [0.2, 0.25) is 11.8 Å². The van der Waals surface area contributed by atoms with Crippen molar-refractivity contribution < 1.29 is 14.3 Å². The summed E-state index contributed by atoms with van der Waals surface area (Å²) >= 11 is 3.44. The van der Waals surface area contributed by atoms with Crippen molar-refractivity contribution in [2.75, 3.05) is 29.9 Å². The predicted molar refractivity (Wildman–Crippen MR) is 125 cm³/mol. The highest BCUT2D eigenvalue weighted by atomic mass is 79.9. The third-order valence-corrected chi connectivity index (χ3v) is 6.27. The molecule has 0 spiro atoms. The summed E-state index contributed by atoms with van der Waals surface area (Å²) in [6, 6.07) is 15.5. The second-order valence-corrected chi connectivity index (χ2v) is 9.40. The molecule has 2 fully saturated rings. The predicted octanol–water partition coefficient (Wildman–Crippen LogP) is 4.05. The number of hydrogen-bond donors (Lipinski definition) is 1. The van der Waals surface area contributed by atoms with Gasteiger partial charge >= 0.3 is 0 Å². The molecule has 7 heteroatoms. The summed E-state index contributed by atoms with van der Waals surface area (Å²) in [5.74, 6) is -0.507. The lowest BCUT2D eigenvalue weighted by atomic mass is 10.1. The van der Waals surface area contributed by atoms with E-state index in [9.17, 15) is 9.59 Å². The molecule has 164 valence electrons. The standard InChI is InChI=1S/C24H28BrN3O3/c1-16-12-27(13-17(2)31-16)14-18-6-3-4-9-22(18)26-24(30)19-10-23(29)28(15-19)21-8-5-7-20(25)11-21/h3-9,11,16-17,19H,10,12-15H2,1-2H3,(H,26,30). The number of rotatable bonds is 5. The van der Waals surface area contributed by atoms with Crippen LogP contribution in [0.2, 0.25) is 0 Å². The molecule has 31 heavy (non-hydrogen) atoms. The normalized spacial score (nSPS) is 24.4. The van der Waals surface area contributed by atoms with Crippen LogP contribution in [0.15, 0.2) is 53.0 Å². The van der Waals surface area contributed by atoms with Gasteiger partial charge in [0.1, 0.15) is 0 Å². The number of anilines is 2. The lowest BCUT2D eigenvalue weighted by molar-refractivity contribution is -0.122. The number of carbonyl (C=O) groups excluding carboxylic acids is 2. The fourth-order valence-corrected chi connectivity index (χ4v) is 4.83. The third-order valence-electron chi connectivity index (χ3n) is 5.78. The van der Waals surface area contributed by atoms with Crippen molar-refractivity contribution in [3.8, 4) is 0 Å². The van der Waals surface area contributed by atoms with E-state index in [1.807, 2.05) is 48.5 Å².